The molecule has 33 heavy (non-hydrogen) atoms. The molecule has 0 fully saturated rings. The van der Waals surface area contributed by atoms with Crippen molar-refractivity contribution in [2.45, 2.75) is 12.8 Å². The van der Waals surface area contributed by atoms with Gasteiger partial charge in [-0.25, -0.2) is 13.2 Å². The number of halogens is 3. The van der Waals surface area contributed by atoms with Gasteiger partial charge < -0.3 is 4.74 Å². The quantitative estimate of drug-likeness (QED) is 0.249. The van der Waals surface area contributed by atoms with Gasteiger partial charge in [0.15, 0.2) is 0 Å². The Labute approximate surface area is 191 Å². The third kappa shape index (κ3) is 4.70. The summed E-state index contributed by atoms with van der Waals surface area (Å²) < 4.78 is 50.7. The van der Waals surface area contributed by atoms with Crippen molar-refractivity contribution in [2.24, 2.45) is 0 Å². The fourth-order valence-corrected chi connectivity index (χ4v) is 3.87. The van der Waals surface area contributed by atoms with Gasteiger partial charge in [0.05, 0.1) is 5.56 Å². The summed E-state index contributed by atoms with van der Waals surface area (Å²) in [4.78, 5) is 0. The molecular formula is C29H23F3O. The summed E-state index contributed by atoms with van der Waals surface area (Å²) in [5, 5.41) is 1.16. The van der Waals surface area contributed by atoms with Crippen LogP contribution in [0.15, 0.2) is 92.0 Å². The Hall–Kier alpha value is -3.79. The van der Waals surface area contributed by atoms with Gasteiger partial charge in [0, 0.05) is 10.9 Å². The molecule has 0 aliphatic rings. The molecule has 0 spiro atoms. The molecule has 0 saturated heterocycles. The van der Waals surface area contributed by atoms with Crippen molar-refractivity contribution in [1.29, 1.82) is 0 Å². The van der Waals surface area contributed by atoms with Crippen LogP contribution in [0.1, 0.15) is 12.0 Å². The van der Waals surface area contributed by atoms with Crippen LogP contribution in [-0.2, 0) is 6.42 Å². The van der Waals surface area contributed by atoms with E-state index in [9.17, 15) is 8.78 Å². The third-order valence-electron chi connectivity index (χ3n) is 5.52. The summed E-state index contributed by atoms with van der Waals surface area (Å²) in [5.74, 6) is -1.45. The molecule has 0 heterocycles. The SMILES string of the molecule is C=CCCc1ccc2c(F)c(-c3cc(F)c(-c4ccc(OCC=C)cc4)c(F)c3)ccc2c1. The Morgan fingerprint density at radius 1 is 0.758 bits per heavy atom. The second-order valence-electron chi connectivity index (χ2n) is 7.75. The highest BCUT2D eigenvalue weighted by molar-refractivity contribution is 5.89. The van der Waals surface area contributed by atoms with Crippen LogP contribution in [0.2, 0.25) is 0 Å². The number of allylic oxidation sites excluding steroid dienone is 1. The van der Waals surface area contributed by atoms with Crippen LogP contribution in [0.3, 0.4) is 0 Å². The summed E-state index contributed by atoms with van der Waals surface area (Å²) in [6, 6.07) is 17.6. The van der Waals surface area contributed by atoms with Crippen molar-refractivity contribution in [1.82, 2.24) is 0 Å². The smallest absolute Gasteiger partial charge is 0.138 e. The molecule has 1 nitrogen and oxygen atoms in total. The molecule has 0 aliphatic carbocycles. The number of benzene rings is 4. The molecule has 166 valence electrons. The first-order valence-electron chi connectivity index (χ1n) is 10.7. The number of hydrogen-bond donors (Lipinski definition) is 0. The van der Waals surface area contributed by atoms with Crippen LogP contribution in [0.5, 0.6) is 5.75 Å². The molecule has 0 aromatic heterocycles. The molecule has 4 heteroatoms. The van der Waals surface area contributed by atoms with Crippen molar-refractivity contribution in [3.63, 3.8) is 0 Å². The van der Waals surface area contributed by atoms with E-state index in [2.05, 4.69) is 13.2 Å². The van der Waals surface area contributed by atoms with Crippen molar-refractivity contribution in [3.05, 3.63) is 115 Å². The first-order valence-corrected chi connectivity index (χ1v) is 10.7. The lowest BCUT2D eigenvalue weighted by molar-refractivity contribution is 0.363. The number of aryl methyl sites for hydroxylation is 1. The predicted octanol–water partition coefficient (Wildman–Crippen LogP) is 8.27. The van der Waals surface area contributed by atoms with Gasteiger partial charge in [0.2, 0.25) is 0 Å². The molecule has 0 bridgehead atoms. The van der Waals surface area contributed by atoms with Crippen LogP contribution >= 0.6 is 0 Å². The number of ether oxygens (including phenoxy) is 1. The maximum Gasteiger partial charge on any atom is 0.138 e. The van der Waals surface area contributed by atoms with Crippen LogP contribution in [0.25, 0.3) is 33.0 Å². The molecular weight excluding hydrogens is 421 g/mol. The molecule has 0 N–H and O–H groups in total. The zero-order chi connectivity index (χ0) is 23.4. The highest BCUT2D eigenvalue weighted by Crippen LogP contribution is 2.35. The van der Waals surface area contributed by atoms with E-state index in [-0.39, 0.29) is 16.7 Å². The molecule has 4 aromatic rings. The van der Waals surface area contributed by atoms with E-state index >= 15 is 4.39 Å². The van der Waals surface area contributed by atoms with Gasteiger partial charge in [-0.3, -0.25) is 0 Å². The van der Waals surface area contributed by atoms with Crippen molar-refractivity contribution in [2.75, 3.05) is 6.61 Å². The maximum atomic E-state index is 15.3. The number of hydrogen-bond acceptors (Lipinski definition) is 1. The average molecular weight is 444 g/mol. The lowest BCUT2D eigenvalue weighted by Gasteiger charge is -2.12. The third-order valence-corrected chi connectivity index (χ3v) is 5.52. The zero-order valence-corrected chi connectivity index (χ0v) is 18.1. The number of rotatable bonds is 8. The van der Waals surface area contributed by atoms with Gasteiger partial charge >= 0.3 is 0 Å². The normalized spacial score (nSPS) is 10.9. The van der Waals surface area contributed by atoms with E-state index in [0.717, 1.165) is 23.8 Å². The largest absolute Gasteiger partial charge is 0.490 e. The van der Waals surface area contributed by atoms with E-state index in [1.165, 1.54) is 12.1 Å². The lowest BCUT2D eigenvalue weighted by Crippen LogP contribution is -1.96. The first-order chi connectivity index (χ1) is 16.0. The molecule has 4 rings (SSSR count). The van der Waals surface area contributed by atoms with Crippen LogP contribution in [0.4, 0.5) is 13.2 Å². The Balaban J connectivity index is 1.69. The van der Waals surface area contributed by atoms with Crippen LogP contribution in [-0.4, -0.2) is 6.61 Å². The Morgan fingerprint density at radius 2 is 1.48 bits per heavy atom. The lowest BCUT2D eigenvalue weighted by atomic mass is 9.95. The standard InChI is InChI=1S/C29H23F3O/c1-3-5-6-19-7-13-24-21(16-19)10-14-25(29(24)32)22-17-26(30)28(27(31)18-22)20-8-11-23(12-9-20)33-15-4-2/h3-4,7-14,16-18H,1-2,5-6,15H2. The fraction of sp³-hybridized carbons (Fsp3) is 0.103. The molecule has 0 aliphatic heterocycles. The molecule has 0 atom stereocenters. The minimum absolute atomic E-state index is 0.148. The average Bonchev–Trinajstić information content (AvgIpc) is 2.82. The fourth-order valence-electron chi connectivity index (χ4n) is 3.87. The van der Waals surface area contributed by atoms with Gasteiger partial charge in [-0.15, -0.1) is 6.58 Å². The molecule has 4 aromatic carbocycles. The summed E-state index contributed by atoms with van der Waals surface area (Å²) in [6.45, 7) is 7.64. The Morgan fingerprint density at radius 3 is 2.15 bits per heavy atom. The molecule has 0 radical (unpaired) electrons. The van der Waals surface area contributed by atoms with Crippen LogP contribution in [0, 0.1) is 17.5 Å². The van der Waals surface area contributed by atoms with Crippen LogP contribution < -0.4 is 4.74 Å². The van der Waals surface area contributed by atoms with E-state index in [1.807, 2.05) is 18.2 Å². The topological polar surface area (TPSA) is 9.23 Å². The highest BCUT2D eigenvalue weighted by atomic mass is 19.1. The highest BCUT2D eigenvalue weighted by Gasteiger charge is 2.17. The monoisotopic (exact) mass is 444 g/mol. The van der Waals surface area contributed by atoms with E-state index < -0.39 is 17.5 Å². The zero-order valence-electron chi connectivity index (χ0n) is 18.1. The van der Waals surface area contributed by atoms with Crippen molar-refractivity contribution >= 4 is 10.8 Å². The van der Waals surface area contributed by atoms with E-state index in [4.69, 9.17) is 4.74 Å². The summed E-state index contributed by atoms with van der Waals surface area (Å²) in [6.07, 6.45) is 5.11. The van der Waals surface area contributed by atoms with E-state index in [1.54, 1.807) is 48.5 Å². The van der Waals surface area contributed by atoms with Gasteiger partial charge in [-0.1, -0.05) is 61.2 Å². The second-order valence-corrected chi connectivity index (χ2v) is 7.75. The Kier molecular flexibility index (Phi) is 6.64. The van der Waals surface area contributed by atoms with Gasteiger partial charge in [-0.2, -0.15) is 0 Å². The van der Waals surface area contributed by atoms with Gasteiger partial charge in [-0.05, 0) is 59.2 Å². The van der Waals surface area contributed by atoms with Gasteiger partial charge in [0.25, 0.3) is 0 Å². The summed E-state index contributed by atoms with van der Waals surface area (Å²) in [5.41, 5.74) is 1.58. The van der Waals surface area contributed by atoms with Crippen molar-refractivity contribution in [3.8, 4) is 28.0 Å². The number of fused-ring (bicyclic) bond motifs is 1. The summed E-state index contributed by atoms with van der Waals surface area (Å²) >= 11 is 0. The molecule has 0 unspecified atom stereocenters. The predicted molar refractivity (Wildman–Crippen MR) is 129 cm³/mol. The summed E-state index contributed by atoms with van der Waals surface area (Å²) in [7, 11) is 0. The minimum Gasteiger partial charge on any atom is -0.490 e. The molecule has 0 amide bonds. The maximum absolute atomic E-state index is 15.3. The minimum atomic E-state index is -0.760. The second kappa shape index (κ2) is 9.78. The Bertz CT molecular complexity index is 1300. The van der Waals surface area contributed by atoms with Gasteiger partial charge in [0.1, 0.15) is 29.8 Å². The van der Waals surface area contributed by atoms with Crippen molar-refractivity contribution < 1.29 is 17.9 Å². The van der Waals surface area contributed by atoms with E-state index in [0.29, 0.717) is 23.3 Å². The first kappa shape index (κ1) is 22.4. The molecule has 0 saturated carbocycles.